The summed E-state index contributed by atoms with van der Waals surface area (Å²) in [7, 11) is 0. The first-order valence-electron chi connectivity index (χ1n) is 6.42. The number of rotatable bonds is 3. The third-order valence-electron chi connectivity index (χ3n) is 3.09. The van der Waals surface area contributed by atoms with Gasteiger partial charge in [-0.15, -0.1) is 0 Å². The van der Waals surface area contributed by atoms with Crippen LogP contribution in [0.5, 0.6) is 0 Å². The minimum absolute atomic E-state index is 0.104. The molecule has 0 saturated heterocycles. The van der Waals surface area contributed by atoms with Crippen molar-refractivity contribution in [1.82, 2.24) is 19.7 Å². The van der Waals surface area contributed by atoms with E-state index in [2.05, 4.69) is 15.1 Å². The molecule has 3 aromatic heterocycles. The molecular weight excluding hydrogens is 282 g/mol. The Labute approximate surface area is 125 Å². The van der Waals surface area contributed by atoms with Gasteiger partial charge in [0.15, 0.2) is 5.82 Å². The number of amides is 1. The Morgan fingerprint density at radius 1 is 1.05 bits per heavy atom. The van der Waals surface area contributed by atoms with E-state index >= 15 is 0 Å². The number of pyridine rings is 2. The second-order valence-corrected chi connectivity index (χ2v) is 4.43. The minimum atomic E-state index is -0.688. The summed E-state index contributed by atoms with van der Waals surface area (Å²) >= 11 is 0. The van der Waals surface area contributed by atoms with E-state index in [4.69, 9.17) is 5.73 Å². The van der Waals surface area contributed by atoms with Crippen LogP contribution < -0.4 is 11.3 Å². The molecule has 0 aliphatic carbocycles. The molecular formula is C15H11N5O2. The molecule has 0 unspecified atom stereocenters. The molecule has 108 valence electrons. The molecule has 0 radical (unpaired) electrons. The van der Waals surface area contributed by atoms with Crippen molar-refractivity contribution in [3.05, 3.63) is 71.0 Å². The quantitative estimate of drug-likeness (QED) is 0.768. The average molecular weight is 293 g/mol. The van der Waals surface area contributed by atoms with Crippen LogP contribution in [0.2, 0.25) is 0 Å². The lowest BCUT2D eigenvalue weighted by molar-refractivity contribution is 0.100. The molecule has 0 saturated carbocycles. The van der Waals surface area contributed by atoms with Crippen LogP contribution in [0.1, 0.15) is 10.4 Å². The number of aromatic nitrogens is 4. The third-order valence-corrected chi connectivity index (χ3v) is 3.09. The van der Waals surface area contributed by atoms with Gasteiger partial charge >= 0.3 is 0 Å². The van der Waals surface area contributed by atoms with Gasteiger partial charge in [0, 0.05) is 30.9 Å². The van der Waals surface area contributed by atoms with E-state index in [1.165, 1.54) is 24.5 Å². The van der Waals surface area contributed by atoms with Gasteiger partial charge in [0.25, 0.3) is 11.5 Å². The SMILES string of the molecule is NC(=O)c1c(-c2ccncc2)ccnc1-n1ncccc1=O. The van der Waals surface area contributed by atoms with Crippen molar-refractivity contribution in [3.8, 4) is 16.9 Å². The first kappa shape index (κ1) is 13.6. The van der Waals surface area contributed by atoms with E-state index in [0.717, 1.165) is 10.2 Å². The highest BCUT2D eigenvalue weighted by molar-refractivity contribution is 6.02. The fourth-order valence-corrected chi connectivity index (χ4v) is 2.14. The van der Waals surface area contributed by atoms with Crippen LogP contribution in [-0.4, -0.2) is 25.7 Å². The maximum Gasteiger partial charge on any atom is 0.272 e. The van der Waals surface area contributed by atoms with Crippen LogP contribution in [0, 0.1) is 0 Å². The molecule has 22 heavy (non-hydrogen) atoms. The Morgan fingerprint density at radius 2 is 1.82 bits per heavy atom. The van der Waals surface area contributed by atoms with Gasteiger partial charge in [0.05, 0.1) is 5.56 Å². The summed E-state index contributed by atoms with van der Waals surface area (Å²) in [5.74, 6) is -0.583. The van der Waals surface area contributed by atoms with Gasteiger partial charge in [-0.05, 0) is 35.4 Å². The van der Waals surface area contributed by atoms with Crippen LogP contribution in [0.3, 0.4) is 0 Å². The van der Waals surface area contributed by atoms with Gasteiger partial charge < -0.3 is 5.73 Å². The second kappa shape index (κ2) is 5.57. The zero-order chi connectivity index (χ0) is 15.5. The summed E-state index contributed by atoms with van der Waals surface area (Å²) in [5.41, 5.74) is 6.55. The van der Waals surface area contributed by atoms with Crippen molar-refractivity contribution in [2.45, 2.75) is 0 Å². The van der Waals surface area contributed by atoms with E-state index in [1.54, 1.807) is 30.6 Å². The van der Waals surface area contributed by atoms with Crippen molar-refractivity contribution in [2.24, 2.45) is 5.73 Å². The van der Waals surface area contributed by atoms with E-state index < -0.39 is 11.5 Å². The van der Waals surface area contributed by atoms with Gasteiger partial charge in [0.2, 0.25) is 0 Å². The van der Waals surface area contributed by atoms with Gasteiger partial charge in [0.1, 0.15) is 0 Å². The minimum Gasteiger partial charge on any atom is -0.365 e. The Kier molecular flexibility index (Phi) is 3.45. The highest BCUT2D eigenvalue weighted by Gasteiger charge is 2.19. The van der Waals surface area contributed by atoms with E-state index in [9.17, 15) is 9.59 Å². The molecule has 3 heterocycles. The van der Waals surface area contributed by atoms with Gasteiger partial charge in [-0.1, -0.05) is 0 Å². The monoisotopic (exact) mass is 293 g/mol. The number of nitrogens with zero attached hydrogens (tertiary/aromatic N) is 4. The lowest BCUT2D eigenvalue weighted by atomic mass is 10.0. The van der Waals surface area contributed by atoms with E-state index in [-0.39, 0.29) is 11.4 Å². The van der Waals surface area contributed by atoms with E-state index in [1.807, 2.05) is 0 Å². The van der Waals surface area contributed by atoms with Gasteiger partial charge in [-0.2, -0.15) is 9.78 Å². The Morgan fingerprint density at radius 3 is 2.50 bits per heavy atom. The third kappa shape index (κ3) is 2.35. The molecule has 7 heteroatoms. The van der Waals surface area contributed by atoms with Gasteiger partial charge in [-0.25, -0.2) is 4.98 Å². The largest absolute Gasteiger partial charge is 0.365 e. The maximum atomic E-state index is 11.9. The zero-order valence-electron chi connectivity index (χ0n) is 11.4. The second-order valence-electron chi connectivity index (χ2n) is 4.43. The fraction of sp³-hybridized carbons (Fsp3) is 0. The van der Waals surface area contributed by atoms with Crippen molar-refractivity contribution < 1.29 is 4.79 Å². The number of nitrogens with two attached hydrogens (primary N) is 1. The Balaban J connectivity index is 2.32. The number of hydrogen-bond donors (Lipinski definition) is 1. The van der Waals surface area contributed by atoms with Crippen LogP contribution in [0.25, 0.3) is 16.9 Å². The predicted molar refractivity (Wildman–Crippen MR) is 79.4 cm³/mol. The lowest BCUT2D eigenvalue weighted by Gasteiger charge is -2.11. The molecule has 0 aromatic carbocycles. The first-order chi connectivity index (χ1) is 10.7. The van der Waals surface area contributed by atoms with Crippen molar-refractivity contribution >= 4 is 5.91 Å². The van der Waals surface area contributed by atoms with Crippen LogP contribution in [0.4, 0.5) is 0 Å². The van der Waals surface area contributed by atoms with Crippen molar-refractivity contribution in [1.29, 1.82) is 0 Å². The lowest BCUT2D eigenvalue weighted by Crippen LogP contribution is -2.25. The number of carbonyl (C=O) groups is 1. The highest BCUT2D eigenvalue weighted by Crippen LogP contribution is 2.25. The number of primary amides is 1. The van der Waals surface area contributed by atoms with Crippen LogP contribution in [0.15, 0.2) is 59.9 Å². The zero-order valence-corrected chi connectivity index (χ0v) is 11.4. The summed E-state index contributed by atoms with van der Waals surface area (Å²) < 4.78 is 1.05. The molecule has 0 aliphatic rings. The van der Waals surface area contributed by atoms with Crippen molar-refractivity contribution in [2.75, 3.05) is 0 Å². The molecule has 0 spiro atoms. The van der Waals surface area contributed by atoms with E-state index in [0.29, 0.717) is 5.56 Å². The maximum absolute atomic E-state index is 11.9. The smallest absolute Gasteiger partial charge is 0.272 e. The summed E-state index contributed by atoms with van der Waals surface area (Å²) in [6.45, 7) is 0. The summed E-state index contributed by atoms with van der Waals surface area (Å²) in [6, 6.07) is 7.99. The molecule has 3 rings (SSSR count). The topological polar surface area (TPSA) is 104 Å². The number of hydrogen-bond acceptors (Lipinski definition) is 5. The standard InChI is InChI=1S/C15H11N5O2/c16-14(22)13-11(10-3-7-17-8-4-10)5-9-18-15(13)20-12(21)2-1-6-19-20/h1-9H,(H2,16,22). The van der Waals surface area contributed by atoms with Crippen LogP contribution in [-0.2, 0) is 0 Å². The summed E-state index contributed by atoms with van der Waals surface area (Å²) in [5, 5.41) is 3.95. The molecule has 0 atom stereocenters. The number of carbonyl (C=O) groups excluding carboxylic acids is 1. The van der Waals surface area contributed by atoms with Gasteiger partial charge in [-0.3, -0.25) is 14.6 Å². The molecule has 0 bridgehead atoms. The molecule has 0 fully saturated rings. The summed E-state index contributed by atoms with van der Waals surface area (Å²) in [6.07, 6.45) is 6.14. The molecule has 1 amide bonds. The Bertz CT molecular complexity index is 890. The molecule has 7 nitrogen and oxygen atoms in total. The highest BCUT2D eigenvalue weighted by atomic mass is 16.1. The fourth-order valence-electron chi connectivity index (χ4n) is 2.14. The predicted octanol–water partition coefficient (Wildman–Crippen LogP) is 0.788. The molecule has 3 aromatic rings. The van der Waals surface area contributed by atoms with Crippen LogP contribution >= 0.6 is 0 Å². The molecule has 2 N–H and O–H groups in total. The summed E-state index contributed by atoms with van der Waals surface area (Å²) in [4.78, 5) is 31.9. The normalized spacial score (nSPS) is 10.4. The Hall–Kier alpha value is -3.35. The first-order valence-corrected chi connectivity index (χ1v) is 6.42. The van der Waals surface area contributed by atoms with Crippen molar-refractivity contribution in [3.63, 3.8) is 0 Å². The average Bonchev–Trinajstić information content (AvgIpc) is 2.55. The molecule has 0 aliphatic heterocycles.